The van der Waals surface area contributed by atoms with E-state index in [9.17, 15) is 0 Å². The molecule has 0 aromatic heterocycles. The molecule has 2 rings (SSSR count). The molecule has 1 aromatic rings. The van der Waals surface area contributed by atoms with E-state index in [1.165, 1.54) is 16.7 Å². The summed E-state index contributed by atoms with van der Waals surface area (Å²) in [5, 5.41) is 0. The molecule has 1 nitrogen and oxygen atoms in total. The Morgan fingerprint density at radius 3 is 3.00 bits per heavy atom. The smallest absolute Gasteiger partial charge is 0.0495 e. The second kappa shape index (κ2) is 3.17. The third-order valence-electron chi connectivity index (χ3n) is 2.48. The summed E-state index contributed by atoms with van der Waals surface area (Å²) in [4.78, 5) is 4.34. The summed E-state index contributed by atoms with van der Waals surface area (Å²) in [6.07, 6.45) is 1.95. The molecule has 1 unspecified atom stereocenters. The van der Waals surface area contributed by atoms with E-state index in [1.807, 2.05) is 12.3 Å². The number of rotatable bonds is 1. The fourth-order valence-electron chi connectivity index (χ4n) is 1.72. The minimum absolute atomic E-state index is 0.418. The first kappa shape index (κ1) is 8.24. The molecule has 0 saturated carbocycles. The lowest BCUT2D eigenvalue weighted by atomic mass is 9.88. The van der Waals surface area contributed by atoms with Gasteiger partial charge in [-0.3, -0.25) is 4.99 Å². The minimum atomic E-state index is 0.418. The molecule has 0 spiro atoms. The standard InChI is InChI=1S/C12H13N/c1-9(2)12-8-13-7-10-5-3-4-6-11(10)12/h3-7,12H,1,8H2,2H3. The Balaban J connectivity index is 2.49. The summed E-state index contributed by atoms with van der Waals surface area (Å²) >= 11 is 0. The maximum Gasteiger partial charge on any atom is 0.0495 e. The van der Waals surface area contributed by atoms with Gasteiger partial charge in [-0.1, -0.05) is 36.4 Å². The molecule has 0 bridgehead atoms. The molecule has 13 heavy (non-hydrogen) atoms. The molecule has 0 aliphatic carbocycles. The largest absolute Gasteiger partial charge is 0.292 e. The van der Waals surface area contributed by atoms with Gasteiger partial charge in [-0.2, -0.15) is 0 Å². The van der Waals surface area contributed by atoms with Gasteiger partial charge in [0.2, 0.25) is 0 Å². The highest BCUT2D eigenvalue weighted by molar-refractivity contribution is 5.83. The molecule has 1 aliphatic rings. The van der Waals surface area contributed by atoms with Crippen molar-refractivity contribution in [3.63, 3.8) is 0 Å². The van der Waals surface area contributed by atoms with Crippen molar-refractivity contribution in [2.24, 2.45) is 4.99 Å². The number of nitrogens with zero attached hydrogens (tertiary/aromatic N) is 1. The average molecular weight is 171 g/mol. The van der Waals surface area contributed by atoms with Crippen molar-refractivity contribution in [3.05, 3.63) is 47.5 Å². The summed E-state index contributed by atoms with van der Waals surface area (Å²) in [5.41, 5.74) is 3.80. The van der Waals surface area contributed by atoms with Crippen molar-refractivity contribution in [1.29, 1.82) is 0 Å². The molecule has 1 aliphatic heterocycles. The Bertz CT molecular complexity index is 363. The first-order valence-corrected chi connectivity index (χ1v) is 4.53. The van der Waals surface area contributed by atoms with E-state index in [4.69, 9.17) is 0 Å². The zero-order chi connectivity index (χ0) is 9.26. The van der Waals surface area contributed by atoms with E-state index >= 15 is 0 Å². The monoisotopic (exact) mass is 171 g/mol. The van der Waals surface area contributed by atoms with Gasteiger partial charge in [-0.25, -0.2) is 0 Å². The first-order valence-electron chi connectivity index (χ1n) is 4.53. The van der Waals surface area contributed by atoms with Crippen LogP contribution in [-0.2, 0) is 0 Å². The average Bonchev–Trinajstić information content (AvgIpc) is 2.17. The van der Waals surface area contributed by atoms with Crippen molar-refractivity contribution >= 4 is 6.21 Å². The Morgan fingerprint density at radius 1 is 1.46 bits per heavy atom. The quantitative estimate of drug-likeness (QED) is 0.576. The van der Waals surface area contributed by atoms with Gasteiger partial charge in [0.25, 0.3) is 0 Å². The van der Waals surface area contributed by atoms with E-state index in [1.54, 1.807) is 0 Å². The molecule has 1 heterocycles. The number of fused-ring (bicyclic) bond motifs is 1. The summed E-state index contributed by atoms with van der Waals surface area (Å²) in [6.45, 7) is 6.93. The van der Waals surface area contributed by atoms with Crippen LogP contribution in [0.5, 0.6) is 0 Å². The van der Waals surface area contributed by atoms with Gasteiger partial charge < -0.3 is 0 Å². The molecule has 1 aromatic carbocycles. The molecule has 0 saturated heterocycles. The molecule has 0 amide bonds. The van der Waals surface area contributed by atoms with Crippen LogP contribution >= 0.6 is 0 Å². The molecule has 1 atom stereocenters. The Kier molecular flexibility index (Phi) is 2.01. The normalized spacial score (nSPS) is 19.6. The third kappa shape index (κ3) is 1.42. The van der Waals surface area contributed by atoms with Crippen molar-refractivity contribution < 1.29 is 0 Å². The second-order valence-electron chi connectivity index (χ2n) is 3.52. The van der Waals surface area contributed by atoms with Crippen molar-refractivity contribution in [1.82, 2.24) is 0 Å². The van der Waals surface area contributed by atoms with Crippen LogP contribution in [-0.4, -0.2) is 12.8 Å². The fraction of sp³-hybridized carbons (Fsp3) is 0.250. The molecular weight excluding hydrogens is 158 g/mol. The lowest BCUT2D eigenvalue weighted by Gasteiger charge is -2.20. The van der Waals surface area contributed by atoms with Crippen LogP contribution in [0.4, 0.5) is 0 Å². The van der Waals surface area contributed by atoms with Gasteiger partial charge in [-0.05, 0) is 18.1 Å². The maximum atomic E-state index is 4.34. The Hall–Kier alpha value is -1.37. The van der Waals surface area contributed by atoms with E-state index in [-0.39, 0.29) is 0 Å². The van der Waals surface area contributed by atoms with Crippen LogP contribution in [0.15, 0.2) is 41.4 Å². The van der Waals surface area contributed by atoms with Crippen LogP contribution < -0.4 is 0 Å². The van der Waals surface area contributed by atoms with E-state index in [0.29, 0.717) is 5.92 Å². The first-order chi connectivity index (χ1) is 6.29. The second-order valence-corrected chi connectivity index (χ2v) is 3.52. The van der Waals surface area contributed by atoms with Gasteiger partial charge >= 0.3 is 0 Å². The summed E-state index contributed by atoms with van der Waals surface area (Å²) in [5.74, 6) is 0.418. The zero-order valence-electron chi connectivity index (χ0n) is 7.83. The molecule has 66 valence electrons. The highest BCUT2D eigenvalue weighted by atomic mass is 14.7. The lowest BCUT2D eigenvalue weighted by molar-refractivity contribution is 0.793. The number of aliphatic imine (C=N–C) groups is 1. The lowest BCUT2D eigenvalue weighted by Crippen LogP contribution is -2.11. The fourth-order valence-corrected chi connectivity index (χ4v) is 1.72. The van der Waals surface area contributed by atoms with Crippen molar-refractivity contribution in [3.8, 4) is 0 Å². The number of hydrogen-bond donors (Lipinski definition) is 0. The highest BCUT2D eigenvalue weighted by Crippen LogP contribution is 2.28. The van der Waals surface area contributed by atoms with Crippen molar-refractivity contribution in [2.45, 2.75) is 12.8 Å². The number of hydrogen-bond acceptors (Lipinski definition) is 1. The molecule has 1 heteroatoms. The molecular formula is C12H13N. The van der Waals surface area contributed by atoms with Gasteiger partial charge in [0.05, 0.1) is 0 Å². The topological polar surface area (TPSA) is 12.4 Å². The third-order valence-corrected chi connectivity index (χ3v) is 2.48. The predicted octanol–water partition coefficient (Wildman–Crippen LogP) is 2.78. The predicted molar refractivity (Wildman–Crippen MR) is 56.5 cm³/mol. The van der Waals surface area contributed by atoms with Crippen molar-refractivity contribution in [2.75, 3.05) is 6.54 Å². The van der Waals surface area contributed by atoms with Gasteiger partial charge in [0.15, 0.2) is 0 Å². The Morgan fingerprint density at radius 2 is 2.23 bits per heavy atom. The van der Waals surface area contributed by atoms with E-state index in [2.05, 4.69) is 36.7 Å². The minimum Gasteiger partial charge on any atom is -0.292 e. The summed E-state index contributed by atoms with van der Waals surface area (Å²) in [7, 11) is 0. The molecule has 0 radical (unpaired) electrons. The maximum absolute atomic E-state index is 4.34. The van der Waals surface area contributed by atoms with E-state index in [0.717, 1.165) is 6.54 Å². The van der Waals surface area contributed by atoms with Crippen LogP contribution in [0.2, 0.25) is 0 Å². The van der Waals surface area contributed by atoms with Crippen LogP contribution in [0.3, 0.4) is 0 Å². The molecule has 0 N–H and O–H groups in total. The highest BCUT2D eigenvalue weighted by Gasteiger charge is 2.17. The van der Waals surface area contributed by atoms with Gasteiger partial charge in [0.1, 0.15) is 0 Å². The zero-order valence-corrected chi connectivity index (χ0v) is 7.83. The van der Waals surface area contributed by atoms with Gasteiger partial charge in [0, 0.05) is 18.7 Å². The summed E-state index contributed by atoms with van der Waals surface area (Å²) in [6, 6.07) is 8.40. The summed E-state index contributed by atoms with van der Waals surface area (Å²) < 4.78 is 0. The SMILES string of the molecule is C=C(C)C1CN=Cc2ccccc21. The number of benzene rings is 1. The Labute approximate surface area is 78.8 Å². The van der Waals surface area contributed by atoms with Crippen LogP contribution in [0.25, 0.3) is 0 Å². The van der Waals surface area contributed by atoms with Crippen LogP contribution in [0, 0.1) is 0 Å². The molecule has 0 fully saturated rings. The van der Waals surface area contributed by atoms with Gasteiger partial charge in [-0.15, -0.1) is 0 Å². The van der Waals surface area contributed by atoms with Crippen LogP contribution in [0.1, 0.15) is 24.0 Å². The van der Waals surface area contributed by atoms with E-state index < -0.39 is 0 Å².